The van der Waals surface area contributed by atoms with Crippen molar-refractivity contribution >= 4 is 70.5 Å². The molecule has 7 aliphatic heterocycles. The van der Waals surface area contributed by atoms with Crippen LogP contribution in [0.2, 0.25) is 10.0 Å². The number of aromatic hydroxyl groups is 3. The molecule has 2 saturated heterocycles. The lowest BCUT2D eigenvalue weighted by atomic mass is 9.85. The number of phenolic OH excluding ortho intramolecular Hbond substituents is 3. The summed E-state index contributed by atoms with van der Waals surface area (Å²) in [5, 5.41) is 129. The summed E-state index contributed by atoms with van der Waals surface area (Å²) >= 11 is 14.3. The number of primary amides is 1. The molecule has 0 spiro atoms. The molecule has 113 heavy (non-hydrogen) atoms. The van der Waals surface area contributed by atoms with E-state index in [2.05, 4.69) is 54.8 Å². The Morgan fingerprint density at radius 1 is 0.681 bits per heavy atom. The average Bonchev–Trinajstić information content (AvgIpc) is 0.769. The highest BCUT2D eigenvalue weighted by Crippen LogP contribution is 2.50. The van der Waals surface area contributed by atoms with E-state index in [-0.39, 0.29) is 52.0 Å². The molecular formula is C77H99Cl2N11O23. The first kappa shape index (κ1) is 86.2. The van der Waals surface area contributed by atoms with Crippen LogP contribution in [0, 0.1) is 5.92 Å². The second-order valence-electron chi connectivity index (χ2n) is 29.5. The number of likely N-dealkylation sites (N-methyl/N-ethyl adjacent to an activating group) is 1. The molecule has 0 unspecified atom stereocenters. The Morgan fingerprint density at radius 2 is 1.30 bits per heavy atom. The third kappa shape index (κ3) is 20.3. The zero-order valence-electron chi connectivity index (χ0n) is 62.9. The van der Waals surface area contributed by atoms with Crippen LogP contribution < -0.4 is 73.5 Å². The van der Waals surface area contributed by atoms with Crippen LogP contribution in [-0.2, 0) is 52.6 Å². The van der Waals surface area contributed by atoms with Crippen LogP contribution in [0.3, 0.4) is 0 Å². The summed E-state index contributed by atoms with van der Waals surface area (Å²) in [4.78, 5) is 118. The molecule has 0 aliphatic carbocycles. The minimum Gasteiger partial charge on any atom is -0.508 e. The number of aliphatic hydroxyl groups is 5. The summed E-state index contributed by atoms with van der Waals surface area (Å²) in [5.74, 6) is -15.6. The maximum Gasteiger partial charge on any atom is 0.330 e. The lowest BCUT2D eigenvalue weighted by Crippen LogP contribution is -2.66. The number of hydrogen-bond donors (Lipinski definition) is 20. The van der Waals surface area contributed by atoms with Gasteiger partial charge in [0.2, 0.25) is 53.4 Å². The van der Waals surface area contributed by atoms with Crippen molar-refractivity contribution in [2.45, 2.75) is 208 Å². The van der Waals surface area contributed by atoms with Crippen molar-refractivity contribution < 1.29 is 113 Å². The first-order valence-electron chi connectivity index (χ1n) is 37.4. The normalized spacial score (nSPS) is 27.6. The fourth-order valence-electron chi connectivity index (χ4n) is 14.5. The number of phenols is 3. The molecule has 0 aromatic heterocycles. The summed E-state index contributed by atoms with van der Waals surface area (Å²) in [6.07, 6.45) is -9.56. The van der Waals surface area contributed by atoms with Gasteiger partial charge in [0.25, 0.3) is 0 Å². The number of carboxylic acids is 1. The van der Waals surface area contributed by atoms with Gasteiger partial charge in [0, 0.05) is 54.4 Å². The van der Waals surface area contributed by atoms with E-state index < -0.39 is 231 Å². The number of rotatable bonds is 25. The van der Waals surface area contributed by atoms with Gasteiger partial charge in [0.1, 0.15) is 89.5 Å². The second-order valence-corrected chi connectivity index (χ2v) is 30.3. The number of halogens is 2. The molecule has 7 aliphatic rings. The van der Waals surface area contributed by atoms with E-state index in [1.54, 1.807) is 13.8 Å². The molecule has 0 radical (unpaired) electrons. The van der Waals surface area contributed by atoms with Crippen molar-refractivity contribution in [3.8, 4) is 57.1 Å². The minimum absolute atomic E-state index is 0.0824. The third-order valence-electron chi connectivity index (χ3n) is 20.6. The van der Waals surface area contributed by atoms with Gasteiger partial charge in [0.05, 0.1) is 34.7 Å². The van der Waals surface area contributed by atoms with Gasteiger partial charge in [-0.25, -0.2) is 4.79 Å². The van der Waals surface area contributed by atoms with E-state index in [9.17, 15) is 69.9 Å². The highest BCUT2D eigenvalue weighted by Gasteiger charge is 2.52. The molecule has 7 heterocycles. The molecule has 22 N–H and O–H groups in total. The Hall–Kier alpha value is -9.24. The van der Waals surface area contributed by atoms with Crippen molar-refractivity contribution in [3.05, 3.63) is 117 Å². The number of unbranched alkanes of at least 4 members (excludes halogenated alkanes) is 6. The van der Waals surface area contributed by atoms with E-state index in [0.717, 1.165) is 92.9 Å². The lowest BCUT2D eigenvalue weighted by molar-refractivity contribution is -0.331. The first-order chi connectivity index (χ1) is 53.7. The Bertz CT molecular complexity index is 4320. The lowest BCUT2D eigenvalue weighted by Gasteiger charge is -2.48. The molecule has 2 fully saturated rings. The largest absolute Gasteiger partial charge is 0.508 e. The predicted octanol–water partition coefficient (Wildman–Crippen LogP) is 3.04. The molecule has 11 bridgehead atoms. The molecule has 5 aromatic carbocycles. The second kappa shape index (κ2) is 37.8. The summed E-state index contributed by atoms with van der Waals surface area (Å²) in [5.41, 5.74) is 8.18. The zero-order valence-corrected chi connectivity index (χ0v) is 64.5. The van der Waals surface area contributed by atoms with Gasteiger partial charge in [-0.15, -0.1) is 0 Å². The van der Waals surface area contributed by atoms with E-state index in [4.69, 9.17) is 63.1 Å². The van der Waals surface area contributed by atoms with Crippen LogP contribution in [0.5, 0.6) is 46.0 Å². The summed E-state index contributed by atoms with van der Waals surface area (Å²) < 4.78 is 39.7. The number of hydrogen-bond acceptors (Lipinski definition) is 26. The Morgan fingerprint density at radius 3 is 1.92 bits per heavy atom. The topological polar surface area (TPSA) is 534 Å². The van der Waals surface area contributed by atoms with Gasteiger partial charge in [-0.3, -0.25) is 33.6 Å². The van der Waals surface area contributed by atoms with Gasteiger partial charge in [-0.05, 0) is 123 Å². The fourth-order valence-corrected chi connectivity index (χ4v) is 14.9. The van der Waals surface area contributed by atoms with Crippen LogP contribution in [-0.4, -0.2) is 205 Å². The van der Waals surface area contributed by atoms with Gasteiger partial charge >= 0.3 is 5.97 Å². The van der Waals surface area contributed by atoms with Crippen LogP contribution in [0.1, 0.15) is 157 Å². The van der Waals surface area contributed by atoms with Crippen molar-refractivity contribution in [1.82, 2.24) is 47.9 Å². The van der Waals surface area contributed by atoms with Gasteiger partial charge in [-0.1, -0.05) is 101 Å². The molecule has 36 heteroatoms. The van der Waals surface area contributed by atoms with Crippen molar-refractivity contribution in [1.29, 1.82) is 0 Å². The quantitative estimate of drug-likeness (QED) is 0.0373. The Kier molecular flexibility index (Phi) is 28.8. The highest BCUT2D eigenvalue weighted by atomic mass is 35.5. The van der Waals surface area contributed by atoms with Gasteiger partial charge < -0.3 is 134 Å². The summed E-state index contributed by atoms with van der Waals surface area (Å²) in [7, 11) is 1.49. The Balaban J connectivity index is 1.17. The van der Waals surface area contributed by atoms with Crippen LogP contribution in [0.4, 0.5) is 0 Å². The SMILES string of the molecule is CCCCCCCCCNCCN[C@@]1(C)C[C@H](O[C@H]2[C@H](Oc3c4cc5cc3Oc3ccc(cc3Cl)[C@@H](O)[C@@H](NC(=O)[C@@H](CC(C)C)NC)C(=O)N[C@@H](CC(N)=O)C(=O)N[C@H]5C(=O)N[C@H]3C(=O)N[C@H](C(=O)N[C@H](C(=O)O)c5cc(O)cc(O)c5-c5cc3ccc5O)[C@H](O)c3ccc(c(Cl)c3)O4)O[C@H](CN)[C@@H](O)[C@@H]2O)O[C@@H](C)[C@H]1O. The molecule has 614 valence electrons. The molecule has 34 nitrogen and oxygen atoms in total. The molecule has 18 atom stereocenters. The molecule has 12 rings (SSSR count). The van der Waals surface area contributed by atoms with E-state index in [1.807, 2.05) is 13.8 Å². The smallest absolute Gasteiger partial charge is 0.330 e. The van der Waals surface area contributed by atoms with Crippen LogP contribution in [0.15, 0.2) is 78.9 Å². The predicted molar refractivity (Wildman–Crippen MR) is 406 cm³/mol. The van der Waals surface area contributed by atoms with Crippen LogP contribution >= 0.6 is 23.2 Å². The number of fused-ring (bicyclic) bond motifs is 15. The zero-order chi connectivity index (χ0) is 82.0. The van der Waals surface area contributed by atoms with Crippen molar-refractivity contribution in [2.75, 3.05) is 33.2 Å². The number of carbonyl (C=O) groups excluding carboxylic acids is 7. The number of aliphatic carboxylic acids is 1. The maximum atomic E-state index is 16.2. The van der Waals surface area contributed by atoms with E-state index in [1.165, 1.54) is 44.5 Å². The number of nitrogens with one attached hydrogen (secondary N) is 9. The molecule has 0 saturated carbocycles. The fraction of sp³-hybridized carbons (Fsp3) is 0.506. The average molecular weight is 1620 g/mol. The number of benzene rings is 5. The van der Waals surface area contributed by atoms with Crippen molar-refractivity contribution in [3.63, 3.8) is 0 Å². The maximum absolute atomic E-state index is 16.2. The molecule has 7 amide bonds. The number of amides is 7. The molecule has 5 aromatic rings. The number of carbonyl (C=O) groups is 8. The van der Waals surface area contributed by atoms with E-state index >= 15 is 14.4 Å². The number of ether oxygens (including phenoxy) is 6. The number of carboxylic acid groups (broad SMARTS) is 1. The highest BCUT2D eigenvalue weighted by molar-refractivity contribution is 6.32. The van der Waals surface area contributed by atoms with Crippen LogP contribution in [0.25, 0.3) is 11.1 Å². The standard InChI is InChI=1S/C77H99Cl2N11O23/c1-7-8-9-10-11-12-13-20-83-21-22-84-77(5)32-55(108-35(4)68(77)99)112-67-65(98)64(97)53(33-80)111-76(67)113-66-51-27-39-28-52(66)110-50-19-16-38(26-44(50)79)63(96)61-74(105)88-59(75(106)107)42-29-40(91)30-48(93)56(42)41-24-36(14-17-47(41)92)57(71(102)90-61)87-72(103)58(39)86-70(101)46(31-54(81)94)85-73(104)60(89-69(100)45(82-6)23-34(2)3)62(95)37-15-18-49(109-51)43(78)25-37/h14-19,24-30,34-35,45-46,53,55,57-65,67-68,76,82-84,91-93,95-99H,7-13,20-23,31-33,80H2,1-6H3,(H2,81,94)(H,85,104)(H,86,101)(H,87,103)(H,88,105)(H,89,100)(H,90,102)(H,106,107)/t35-,45+,46-,53+,55-,57+,58+,59-,60+,61-,62+,63+,64+,65-,67+,68+,76-,77-/m0/s1. The van der Waals surface area contributed by atoms with Crippen molar-refractivity contribution in [2.24, 2.45) is 17.4 Å². The summed E-state index contributed by atoms with van der Waals surface area (Å²) in [6.45, 7) is 10.5. The van der Waals surface area contributed by atoms with Gasteiger partial charge in [0.15, 0.2) is 29.9 Å². The van der Waals surface area contributed by atoms with Gasteiger partial charge in [-0.2, -0.15) is 0 Å². The number of nitrogens with two attached hydrogens (primary N) is 2. The third-order valence-corrected chi connectivity index (χ3v) is 21.2. The Labute approximate surface area is 660 Å². The minimum atomic E-state index is -2.33. The first-order valence-corrected chi connectivity index (χ1v) is 38.2. The summed E-state index contributed by atoms with van der Waals surface area (Å²) in [6, 6.07) is -0.223. The molecular weight excluding hydrogens is 1520 g/mol. The van der Waals surface area contributed by atoms with E-state index in [0.29, 0.717) is 13.1 Å². The monoisotopic (exact) mass is 1620 g/mol. The number of aliphatic hydroxyl groups excluding tert-OH is 5.